The summed E-state index contributed by atoms with van der Waals surface area (Å²) in [7, 11) is 0. The third kappa shape index (κ3) is 2.68. The number of amides is 1. The first-order valence-corrected chi connectivity index (χ1v) is 6.57. The van der Waals surface area contributed by atoms with Crippen molar-refractivity contribution in [2.45, 2.75) is 19.8 Å². The van der Waals surface area contributed by atoms with Crippen molar-refractivity contribution in [3.63, 3.8) is 0 Å². The molecule has 18 heavy (non-hydrogen) atoms. The molecule has 2 aromatic rings. The average molecular weight is 261 g/mol. The second-order valence-electron chi connectivity index (χ2n) is 4.27. The van der Waals surface area contributed by atoms with Crippen LogP contribution in [0.25, 0.3) is 0 Å². The zero-order valence-corrected chi connectivity index (χ0v) is 11.1. The van der Waals surface area contributed by atoms with Crippen molar-refractivity contribution < 1.29 is 4.79 Å². The summed E-state index contributed by atoms with van der Waals surface area (Å²) in [6.45, 7) is 4.18. The first-order chi connectivity index (χ1) is 8.58. The Morgan fingerprint density at radius 3 is 2.72 bits per heavy atom. The van der Waals surface area contributed by atoms with Crippen LogP contribution in [0.15, 0.2) is 29.6 Å². The maximum Gasteiger partial charge on any atom is 0.275 e. The van der Waals surface area contributed by atoms with Crippen molar-refractivity contribution in [2.75, 3.05) is 11.1 Å². The molecule has 4 nitrogen and oxygen atoms in total. The number of aromatic nitrogens is 1. The molecule has 1 aromatic heterocycles. The number of para-hydroxylation sites is 1. The zero-order chi connectivity index (χ0) is 13.1. The second kappa shape index (κ2) is 5.18. The summed E-state index contributed by atoms with van der Waals surface area (Å²) in [4.78, 5) is 15.9. The molecule has 0 spiro atoms. The lowest BCUT2D eigenvalue weighted by molar-refractivity contribution is 0.102. The summed E-state index contributed by atoms with van der Waals surface area (Å²) < 4.78 is 0. The lowest BCUT2D eigenvalue weighted by Crippen LogP contribution is -2.14. The standard InChI is InChI=1S/C13H15N3OS/c1-8(2)9-5-3-4-6-10(9)15-12(17)11-7-18-13(14)16-11/h3-8H,1-2H3,(H2,14,16)(H,15,17). The van der Waals surface area contributed by atoms with Gasteiger partial charge in [-0.15, -0.1) is 11.3 Å². The molecule has 94 valence electrons. The molecule has 2 rings (SSSR count). The van der Waals surface area contributed by atoms with E-state index in [1.165, 1.54) is 11.3 Å². The van der Waals surface area contributed by atoms with E-state index < -0.39 is 0 Å². The highest BCUT2D eigenvalue weighted by atomic mass is 32.1. The highest BCUT2D eigenvalue weighted by molar-refractivity contribution is 7.13. The minimum atomic E-state index is -0.226. The number of nitrogens with two attached hydrogens (primary N) is 1. The molecule has 0 bridgehead atoms. The van der Waals surface area contributed by atoms with E-state index in [4.69, 9.17) is 5.73 Å². The molecule has 0 radical (unpaired) electrons. The Labute approximate surface area is 110 Å². The van der Waals surface area contributed by atoms with Crippen molar-refractivity contribution >= 4 is 28.1 Å². The van der Waals surface area contributed by atoms with Gasteiger partial charge in [-0.2, -0.15) is 0 Å². The molecule has 0 saturated heterocycles. The molecule has 0 fully saturated rings. The first-order valence-electron chi connectivity index (χ1n) is 5.69. The fourth-order valence-corrected chi connectivity index (χ4v) is 2.24. The average Bonchev–Trinajstić information content (AvgIpc) is 2.76. The SMILES string of the molecule is CC(C)c1ccccc1NC(=O)c1csc(N)n1. The van der Waals surface area contributed by atoms with Crippen LogP contribution in [-0.2, 0) is 0 Å². The molecule has 0 saturated carbocycles. The van der Waals surface area contributed by atoms with Crippen LogP contribution in [-0.4, -0.2) is 10.9 Å². The minimum Gasteiger partial charge on any atom is -0.375 e. The van der Waals surface area contributed by atoms with Gasteiger partial charge in [0.2, 0.25) is 0 Å². The summed E-state index contributed by atoms with van der Waals surface area (Å²) in [5.74, 6) is 0.123. The topological polar surface area (TPSA) is 68.0 Å². The molecule has 0 atom stereocenters. The van der Waals surface area contributed by atoms with Crippen LogP contribution in [0.2, 0.25) is 0 Å². The number of thiazole rings is 1. The molecule has 1 aromatic carbocycles. The van der Waals surface area contributed by atoms with Gasteiger partial charge in [0.1, 0.15) is 5.69 Å². The number of nitrogens with zero attached hydrogens (tertiary/aromatic N) is 1. The Morgan fingerprint density at radius 1 is 1.39 bits per heavy atom. The van der Waals surface area contributed by atoms with Gasteiger partial charge in [-0.05, 0) is 17.5 Å². The van der Waals surface area contributed by atoms with Crippen LogP contribution in [0, 0.1) is 0 Å². The maximum absolute atomic E-state index is 12.0. The monoisotopic (exact) mass is 261 g/mol. The summed E-state index contributed by atoms with van der Waals surface area (Å²) in [5.41, 5.74) is 7.80. The van der Waals surface area contributed by atoms with Gasteiger partial charge in [0.25, 0.3) is 5.91 Å². The van der Waals surface area contributed by atoms with E-state index in [-0.39, 0.29) is 5.91 Å². The van der Waals surface area contributed by atoms with Gasteiger partial charge >= 0.3 is 0 Å². The van der Waals surface area contributed by atoms with Crippen LogP contribution < -0.4 is 11.1 Å². The Bertz CT molecular complexity index is 563. The number of anilines is 2. The van der Waals surface area contributed by atoms with E-state index in [1.54, 1.807) is 5.38 Å². The lowest BCUT2D eigenvalue weighted by atomic mass is 10.0. The number of benzene rings is 1. The molecule has 0 aliphatic rings. The first kappa shape index (κ1) is 12.6. The largest absolute Gasteiger partial charge is 0.375 e. The number of carbonyl (C=O) groups excluding carboxylic acids is 1. The normalized spacial score (nSPS) is 10.6. The fraction of sp³-hybridized carbons (Fsp3) is 0.231. The maximum atomic E-state index is 12.0. The molecule has 1 amide bonds. The van der Waals surface area contributed by atoms with Gasteiger partial charge < -0.3 is 11.1 Å². The van der Waals surface area contributed by atoms with E-state index in [0.29, 0.717) is 16.7 Å². The third-order valence-electron chi connectivity index (χ3n) is 2.59. The van der Waals surface area contributed by atoms with E-state index in [2.05, 4.69) is 24.1 Å². The molecule has 5 heteroatoms. The molecule has 1 heterocycles. The Balaban J connectivity index is 2.22. The number of nitrogen functional groups attached to an aromatic ring is 1. The predicted molar refractivity (Wildman–Crippen MR) is 75.0 cm³/mol. The number of hydrogen-bond donors (Lipinski definition) is 2. The summed E-state index contributed by atoms with van der Waals surface area (Å²) >= 11 is 1.26. The van der Waals surface area contributed by atoms with Gasteiger partial charge in [-0.1, -0.05) is 32.0 Å². The van der Waals surface area contributed by atoms with Crippen molar-refractivity contribution in [3.8, 4) is 0 Å². The van der Waals surface area contributed by atoms with Crippen LogP contribution in [0.4, 0.5) is 10.8 Å². The van der Waals surface area contributed by atoms with Gasteiger partial charge in [-0.25, -0.2) is 4.98 Å². The van der Waals surface area contributed by atoms with Gasteiger partial charge in [0, 0.05) is 11.1 Å². The Hall–Kier alpha value is -1.88. The summed E-state index contributed by atoms with van der Waals surface area (Å²) in [5, 5.41) is 4.93. The Morgan fingerprint density at radius 2 is 2.11 bits per heavy atom. The lowest BCUT2D eigenvalue weighted by Gasteiger charge is -2.12. The number of hydrogen-bond acceptors (Lipinski definition) is 4. The van der Waals surface area contributed by atoms with Gasteiger partial charge in [0.15, 0.2) is 5.13 Å². The molecule has 0 aliphatic heterocycles. The molecular weight excluding hydrogens is 246 g/mol. The van der Waals surface area contributed by atoms with Crippen LogP contribution >= 0.6 is 11.3 Å². The minimum absolute atomic E-state index is 0.226. The van der Waals surface area contributed by atoms with Crippen molar-refractivity contribution in [3.05, 3.63) is 40.9 Å². The summed E-state index contributed by atoms with van der Waals surface area (Å²) in [6.07, 6.45) is 0. The van der Waals surface area contributed by atoms with E-state index in [9.17, 15) is 4.79 Å². The molecule has 0 unspecified atom stereocenters. The van der Waals surface area contributed by atoms with Crippen LogP contribution in [0.5, 0.6) is 0 Å². The quantitative estimate of drug-likeness (QED) is 0.892. The van der Waals surface area contributed by atoms with E-state index in [1.807, 2.05) is 24.3 Å². The highest BCUT2D eigenvalue weighted by Crippen LogP contribution is 2.24. The highest BCUT2D eigenvalue weighted by Gasteiger charge is 2.12. The number of rotatable bonds is 3. The van der Waals surface area contributed by atoms with E-state index >= 15 is 0 Å². The Kier molecular flexibility index (Phi) is 3.62. The second-order valence-corrected chi connectivity index (χ2v) is 5.16. The van der Waals surface area contributed by atoms with E-state index in [0.717, 1.165) is 11.3 Å². The number of nitrogens with one attached hydrogen (secondary N) is 1. The van der Waals surface area contributed by atoms with Crippen molar-refractivity contribution in [1.29, 1.82) is 0 Å². The molecule has 0 aliphatic carbocycles. The molecule has 3 N–H and O–H groups in total. The molecular formula is C13H15N3OS. The van der Waals surface area contributed by atoms with Crippen molar-refractivity contribution in [1.82, 2.24) is 4.98 Å². The third-order valence-corrected chi connectivity index (χ3v) is 3.26. The van der Waals surface area contributed by atoms with Crippen LogP contribution in [0.1, 0.15) is 35.8 Å². The summed E-state index contributed by atoms with van der Waals surface area (Å²) in [6, 6.07) is 7.77. The van der Waals surface area contributed by atoms with Crippen LogP contribution in [0.3, 0.4) is 0 Å². The number of carbonyl (C=O) groups is 1. The predicted octanol–water partition coefficient (Wildman–Crippen LogP) is 3.10. The van der Waals surface area contributed by atoms with Gasteiger partial charge in [-0.3, -0.25) is 4.79 Å². The van der Waals surface area contributed by atoms with Gasteiger partial charge in [0.05, 0.1) is 0 Å². The zero-order valence-electron chi connectivity index (χ0n) is 10.3. The fourth-order valence-electron chi connectivity index (χ4n) is 1.69. The van der Waals surface area contributed by atoms with Crippen molar-refractivity contribution in [2.24, 2.45) is 0 Å². The smallest absolute Gasteiger partial charge is 0.275 e.